The van der Waals surface area contributed by atoms with Crippen LogP contribution in [0.4, 0.5) is 0 Å². The first-order valence-electron chi connectivity index (χ1n) is 7.93. The van der Waals surface area contributed by atoms with Gasteiger partial charge in [0.15, 0.2) is 0 Å². The summed E-state index contributed by atoms with van der Waals surface area (Å²) in [6, 6.07) is 0. The van der Waals surface area contributed by atoms with Gasteiger partial charge in [-0.05, 0) is 57.8 Å². The average molecular weight is 251 g/mol. The molecular formula is C15H29N3. The van der Waals surface area contributed by atoms with Crippen LogP contribution >= 0.6 is 0 Å². The molecule has 3 aliphatic rings. The lowest BCUT2D eigenvalue weighted by Gasteiger charge is -2.38. The SMILES string of the molecule is CN1CC(CN2CCC(CN3CCCCC3)C2)C1. The van der Waals surface area contributed by atoms with Crippen LogP contribution in [-0.4, -0.2) is 74.1 Å². The van der Waals surface area contributed by atoms with Gasteiger partial charge in [0, 0.05) is 32.7 Å². The first-order valence-corrected chi connectivity index (χ1v) is 7.93. The van der Waals surface area contributed by atoms with Crippen molar-refractivity contribution in [2.75, 3.05) is 59.4 Å². The third-order valence-electron chi connectivity index (χ3n) is 4.99. The molecule has 1 atom stereocenters. The second kappa shape index (κ2) is 5.89. The van der Waals surface area contributed by atoms with Crippen molar-refractivity contribution in [1.82, 2.24) is 14.7 Å². The highest BCUT2D eigenvalue weighted by molar-refractivity contribution is 4.85. The van der Waals surface area contributed by atoms with Crippen molar-refractivity contribution in [3.05, 3.63) is 0 Å². The molecule has 0 aromatic carbocycles. The Kier molecular flexibility index (Phi) is 4.22. The van der Waals surface area contributed by atoms with E-state index in [1.165, 1.54) is 78.0 Å². The quantitative estimate of drug-likeness (QED) is 0.747. The molecule has 3 saturated heterocycles. The molecule has 3 heterocycles. The normalized spacial score (nSPS) is 32.8. The number of hydrogen-bond acceptors (Lipinski definition) is 3. The second-order valence-corrected chi connectivity index (χ2v) is 6.86. The molecule has 3 heteroatoms. The van der Waals surface area contributed by atoms with E-state index in [9.17, 15) is 0 Å². The summed E-state index contributed by atoms with van der Waals surface area (Å²) in [5, 5.41) is 0. The molecule has 0 saturated carbocycles. The van der Waals surface area contributed by atoms with Crippen molar-refractivity contribution in [2.45, 2.75) is 25.7 Å². The van der Waals surface area contributed by atoms with Gasteiger partial charge in [-0.25, -0.2) is 0 Å². The zero-order valence-corrected chi connectivity index (χ0v) is 12.0. The van der Waals surface area contributed by atoms with E-state index in [-0.39, 0.29) is 0 Å². The maximum Gasteiger partial charge on any atom is 0.00343 e. The Labute approximate surface area is 112 Å². The minimum absolute atomic E-state index is 0.959. The number of rotatable bonds is 4. The molecule has 0 bridgehead atoms. The summed E-state index contributed by atoms with van der Waals surface area (Å²) in [5.74, 6) is 1.92. The van der Waals surface area contributed by atoms with Gasteiger partial charge >= 0.3 is 0 Å². The van der Waals surface area contributed by atoms with E-state index in [1.54, 1.807) is 0 Å². The van der Waals surface area contributed by atoms with Crippen molar-refractivity contribution in [2.24, 2.45) is 11.8 Å². The molecule has 0 radical (unpaired) electrons. The molecule has 104 valence electrons. The summed E-state index contributed by atoms with van der Waals surface area (Å²) >= 11 is 0. The summed E-state index contributed by atoms with van der Waals surface area (Å²) in [4.78, 5) is 7.88. The van der Waals surface area contributed by atoms with Crippen LogP contribution in [0.5, 0.6) is 0 Å². The Morgan fingerprint density at radius 2 is 1.50 bits per heavy atom. The molecule has 0 aliphatic carbocycles. The number of hydrogen-bond donors (Lipinski definition) is 0. The van der Waals surface area contributed by atoms with Crippen molar-refractivity contribution in [3.63, 3.8) is 0 Å². The van der Waals surface area contributed by atoms with Crippen LogP contribution in [0.2, 0.25) is 0 Å². The summed E-state index contributed by atoms with van der Waals surface area (Å²) in [5.41, 5.74) is 0. The molecule has 0 spiro atoms. The van der Waals surface area contributed by atoms with E-state index < -0.39 is 0 Å². The van der Waals surface area contributed by atoms with E-state index >= 15 is 0 Å². The maximum atomic E-state index is 2.73. The topological polar surface area (TPSA) is 9.72 Å². The Hall–Kier alpha value is -0.120. The lowest BCUT2D eigenvalue weighted by molar-refractivity contribution is 0.0969. The van der Waals surface area contributed by atoms with Gasteiger partial charge in [-0.2, -0.15) is 0 Å². The van der Waals surface area contributed by atoms with Crippen LogP contribution in [-0.2, 0) is 0 Å². The van der Waals surface area contributed by atoms with Gasteiger partial charge in [-0.3, -0.25) is 0 Å². The monoisotopic (exact) mass is 251 g/mol. The Morgan fingerprint density at radius 3 is 2.22 bits per heavy atom. The number of likely N-dealkylation sites (tertiary alicyclic amines) is 3. The molecule has 3 rings (SSSR count). The van der Waals surface area contributed by atoms with Crippen LogP contribution < -0.4 is 0 Å². The largest absolute Gasteiger partial charge is 0.306 e. The smallest absolute Gasteiger partial charge is 0.00343 e. The fraction of sp³-hybridized carbons (Fsp3) is 1.00. The standard InChI is InChI=1S/C15H29N3/c1-16-9-15(10-16)13-18-8-5-14(12-18)11-17-6-3-2-4-7-17/h14-15H,2-13H2,1H3. The molecule has 3 aliphatic heterocycles. The Morgan fingerprint density at radius 1 is 0.778 bits per heavy atom. The molecule has 0 N–H and O–H groups in total. The van der Waals surface area contributed by atoms with Crippen molar-refractivity contribution in [3.8, 4) is 0 Å². The second-order valence-electron chi connectivity index (χ2n) is 6.86. The van der Waals surface area contributed by atoms with E-state index in [4.69, 9.17) is 0 Å². The molecule has 0 aromatic heterocycles. The van der Waals surface area contributed by atoms with E-state index in [0.717, 1.165) is 11.8 Å². The average Bonchev–Trinajstić information content (AvgIpc) is 2.76. The lowest BCUT2D eigenvalue weighted by Crippen LogP contribution is -2.49. The first kappa shape index (κ1) is 12.9. The first-order chi connectivity index (χ1) is 8.79. The third kappa shape index (κ3) is 3.25. The highest BCUT2D eigenvalue weighted by atomic mass is 15.2. The summed E-state index contributed by atoms with van der Waals surface area (Å²) in [6.45, 7) is 10.9. The summed E-state index contributed by atoms with van der Waals surface area (Å²) < 4.78 is 0. The van der Waals surface area contributed by atoms with Crippen molar-refractivity contribution in [1.29, 1.82) is 0 Å². The van der Waals surface area contributed by atoms with Gasteiger partial charge in [-0.15, -0.1) is 0 Å². The van der Waals surface area contributed by atoms with Gasteiger partial charge in [0.2, 0.25) is 0 Å². The van der Waals surface area contributed by atoms with Gasteiger partial charge < -0.3 is 14.7 Å². The van der Waals surface area contributed by atoms with E-state index in [2.05, 4.69) is 21.7 Å². The molecule has 0 amide bonds. The highest BCUT2D eigenvalue weighted by Crippen LogP contribution is 2.22. The van der Waals surface area contributed by atoms with Gasteiger partial charge in [-0.1, -0.05) is 6.42 Å². The van der Waals surface area contributed by atoms with Crippen molar-refractivity contribution < 1.29 is 0 Å². The van der Waals surface area contributed by atoms with Gasteiger partial charge in [0.05, 0.1) is 0 Å². The lowest BCUT2D eigenvalue weighted by atomic mass is 10.0. The minimum Gasteiger partial charge on any atom is -0.306 e. The molecule has 18 heavy (non-hydrogen) atoms. The molecular weight excluding hydrogens is 222 g/mol. The fourth-order valence-electron chi connectivity index (χ4n) is 4.04. The van der Waals surface area contributed by atoms with Crippen LogP contribution in [0.15, 0.2) is 0 Å². The van der Waals surface area contributed by atoms with Gasteiger partial charge in [0.1, 0.15) is 0 Å². The third-order valence-corrected chi connectivity index (χ3v) is 4.99. The zero-order valence-electron chi connectivity index (χ0n) is 12.0. The Bertz CT molecular complexity index is 256. The molecule has 0 aromatic rings. The van der Waals surface area contributed by atoms with Gasteiger partial charge in [0.25, 0.3) is 0 Å². The molecule has 3 fully saturated rings. The fourth-order valence-corrected chi connectivity index (χ4v) is 4.04. The van der Waals surface area contributed by atoms with Crippen LogP contribution in [0, 0.1) is 11.8 Å². The van der Waals surface area contributed by atoms with Crippen molar-refractivity contribution >= 4 is 0 Å². The van der Waals surface area contributed by atoms with E-state index in [0.29, 0.717) is 0 Å². The molecule has 3 nitrogen and oxygen atoms in total. The minimum atomic E-state index is 0.959. The summed E-state index contributed by atoms with van der Waals surface area (Å²) in [7, 11) is 2.24. The predicted molar refractivity (Wildman–Crippen MR) is 75.8 cm³/mol. The molecule has 1 unspecified atom stereocenters. The highest BCUT2D eigenvalue weighted by Gasteiger charge is 2.30. The number of piperidine rings is 1. The van der Waals surface area contributed by atoms with Crippen LogP contribution in [0.1, 0.15) is 25.7 Å². The zero-order chi connectivity index (χ0) is 12.4. The van der Waals surface area contributed by atoms with Crippen LogP contribution in [0.3, 0.4) is 0 Å². The number of nitrogens with zero attached hydrogens (tertiary/aromatic N) is 3. The van der Waals surface area contributed by atoms with Crippen LogP contribution in [0.25, 0.3) is 0 Å². The predicted octanol–water partition coefficient (Wildman–Crippen LogP) is 1.36. The van der Waals surface area contributed by atoms with E-state index in [1.807, 2.05) is 0 Å². The maximum absolute atomic E-state index is 2.73. The Balaban J connectivity index is 1.35. The summed E-state index contributed by atoms with van der Waals surface area (Å²) in [6.07, 6.45) is 5.78.